The molecule has 1 aliphatic rings. The Kier molecular flexibility index (Phi) is 9.51. The van der Waals surface area contributed by atoms with Gasteiger partial charge in [0.15, 0.2) is 0 Å². The molecule has 0 spiro atoms. The zero-order chi connectivity index (χ0) is 26.2. The maximum atomic E-state index is 5.90. The van der Waals surface area contributed by atoms with Gasteiger partial charge in [-0.15, -0.1) is 0 Å². The minimum absolute atomic E-state index is 0.378. The smallest absolute Gasteiger partial charge is 0.126 e. The summed E-state index contributed by atoms with van der Waals surface area (Å²) in [6, 6.07) is 37.5. The van der Waals surface area contributed by atoms with Crippen LogP contribution in [0.2, 0.25) is 0 Å². The molecule has 0 aromatic heterocycles. The van der Waals surface area contributed by atoms with E-state index in [2.05, 4.69) is 103 Å². The molecule has 5 rings (SSSR count). The highest BCUT2D eigenvalue weighted by atomic mass is 31.1. The van der Waals surface area contributed by atoms with E-state index in [1.807, 2.05) is 7.11 Å². The molecule has 2 atom stereocenters. The van der Waals surface area contributed by atoms with Crippen molar-refractivity contribution < 1.29 is 9.47 Å². The van der Waals surface area contributed by atoms with Crippen LogP contribution >= 0.6 is 15.8 Å². The summed E-state index contributed by atoms with van der Waals surface area (Å²) < 4.78 is 11.7. The van der Waals surface area contributed by atoms with Gasteiger partial charge >= 0.3 is 0 Å². The van der Waals surface area contributed by atoms with Crippen LogP contribution in [0.5, 0.6) is 11.5 Å². The molecule has 0 saturated heterocycles. The summed E-state index contributed by atoms with van der Waals surface area (Å²) in [4.78, 5) is 0. The van der Waals surface area contributed by atoms with Gasteiger partial charge < -0.3 is 9.47 Å². The summed E-state index contributed by atoms with van der Waals surface area (Å²) in [5.74, 6) is 2.04. The van der Waals surface area contributed by atoms with Crippen molar-refractivity contribution >= 4 is 31.8 Å². The monoisotopic (exact) mass is 540 g/mol. The van der Waals surface area contributed by atoms with Gasteiger partial charge in [0.2, 0.25) is 0 Å². The third kappa shape index (κ3) is 6.31. The fourth-order valence-electron chi connectivity index (χ4n) is 5.67. The van der Waals surface area contributed by atoms with Gasteiger partial charge in [-0.05, 0) is 61.1 Å². The molecule has 0 radical (unpaired) electrons. The van der Waals surface area contributed by atoms with Crippen molar-refractivity contribution in [2.45, 2.75) is 50.1 Å². The molecule has 2 nitrogen and oxygen atoms in total. The van der Waals surface area contributed by atoms with E-state index in [-0.39, 0.29) is 7.92 Å². The van der Waals surface area contributed by atoms with Gasteiger partial charge in [-0.3, -0.25) is 0 Å². The lowest BCUT2D eigenvalue weighted by Crippen LogP contribution is -2.20. The van der Waals surface area contributed by atoms with E-state index in [9.17, 15) is 0 Å². The van der Waals surface area contributed by atoms with Crippen molar-refractivity contribution in [2.75, 3.05) is 14.2 Å². The first-order valence-corrected chi connectivity index (χ1v) is 16.8. The van der Waals surface area contributed by atoms with Crippen LogP contribution in [0.1, 0.15) is 43.2 Å². The SMILES string of the molecule is COc1ccccc1P(Cc1ccccc1CP(c1ccccc1OC)C1CCCCC1)c1ccccc1. The Balaban J connectivity index is 1.52. The van der Waals surface area contributed by atoms with Crippen molar-refractivity contribution in [2.24, 2.45) is 0 Å². The van der Waals surface area contributed by atoms with Crippen LogP contribution in [-0.2, 0) is 12.3 Å². The molecule has 0 N–H and O–H groups in total. The van der Waals surface area contributed by atoms with Gasteiger partial charge in [0.05, 0.1) is 14.2 Å². The Morgan fingerprint density at radius 3 is 1.76 bits per heavy atom. The van der Waals surface area contributed by atoms with Crippen LogP contribution < -0.4 is 25.4 Å². The van der Waals surface area contributed by atoms with E-state index >= 15 is 0 Å². The minimum atomic E-state index is -0.616. The molecule has 4 aromatic rings. The zero-order valence-electron chi connectivity index (χ0n) is 22.6. The molecule has 1 fully saturated rings. The molecule has 1 aliphatic carbocycles. The third-order valence-electron chi connectivity index (χ3n) is 7.64. The van der Waals surface area contributed by atoms with Crippen LogP contribution in [0.3, 0.4) is 0 Å². The average Bonchev–Trinajstić information content (AvgIpc) is 3.00. The van der Waals surface area contributed by atoms with E-state index in [0.29, 0.717) is 0 Å². The molecule has 0 heterocycles. The predicted molar refractivity (Wildman–Crippen MR) is 166 cm³/mol. The number of hydrogen-bond donors (Lipinski definition) is 0. The second-order valence-corrected chi connectivity index (χ2v) is 14.6. The van der Waals surface area contributed by atoms with E-state index in [0.717, 1.165) is 29.5 Å². The van der Waals surface area contributed by atoms with Gasteiger partial charge in [-0.1, -0.05) is 118 Å². The molecule has 4 heteroatoms. The first kappa shape index (κ1) is 26.9. The standard InChI is InChI=1S/C34H38O2P2/c1-35-31-21-11-13-23-33(31)37(29-17-5-3-6-18-29)25-27-15-9-10-16-28(27)26-38(30-19-7-4-8-20-30)34-24-14-12-22-32(34)36-2/h3,5-6,9-18,21-24,30H,4,7-8,19-20,25-26H2,1-2H3. The molecule has 196 valence electrons. The normalized spacial score (nSPS) is 15.5. The maximum absolute atomic E-state index is 5.90. The fraction of sp³-hybridized carbons (Fsp3) is 0.294. The minimum Gasteiger partial charge on any atom is -0.496 e. The molecular formula is C34H38O2P2. The zero-order valence-corrected chi connectivity index (χ0v) is 24.3. The fourth-order valence-corrected chi connectivity index (χ4v) is 11.4. The van der Waals surface area contributed by atoms with E-state index in [1.54, 1.807) is 7.11 Å². The number of ether oxygens (including phenoxy) is 2. The molecule has 38 heavy (non-hydrogen) atoms. The summed E-state index contributed by atoms with van der Waals surface area (Å²) >= 11 is 0. The Hall–Kier alpha value is -2.66. The van der Waals surface area contributed by atoms with E-state index in [4.69, 9.17) is 9.47 Å². The van der Waals surface area contributed by atoms with Crippen molar-refractivity contribution in [3.63, 3.8) is 0 Å². The maximum Gasteiger partial charge on any atom is 0.126 e. The van der Waals surface area contributed by atoms with Crippen molar-refractivity contribution in [3.05, 3.63) is 114 Å². The highest BCUT2D eigenvalue weighted by molar-refractivity contribution is 7.72. The van der Waals surface area contributed by atoms with Gasteiger partial charge in [0, 0.05) is 16.8 Å². The molecule has 4 aromatic carbocycles. The van der Waals surface area contributed by atoms with Crippen LogP contribution in [-0.4, -0.2) is 19.9 Å². The van der Waals surface area contributed by atoms with Crippen LogP contribution in [0.4, 0.5) is 0 Å². The highest BCUT2D eigenvalue weighted by Gasteiger charge is 2.28. The van der Waals surface area contributed by atoms with Crippen molar-refractivity contribution in [1.29, 1.82) is 0 Å². The van der Waals surface area contributed by atoms with Gasteiger partial charge in [0.1, 0.15) is 11.5 Å². The number of para-hydroxylation sites is 2. The van der Waals surface area contributed by atoms with Gasteiger partial charge in [-0.2, -0.15) is 0 Å². The molecule has 1 saturated carbocycles. The number of benzene rings is 4. The second-order valence-electron chi connectivity index (χ2n) is 9.95. The summed E-state index contributed by atoms with van der Waals surface area (Å²) in [6.45, 7) is 0. The lowest BCUT2D eigenvalue weighted by atomic mass is 10.0. The van der Waals surface area contributed by atoms with E-state index in [1.165, 1.54) is 59.1 Å². The lowest BCUT2D eigenvalue weighted by molar-refractivity contribution is 0.418. The Bertz CT molecular complexity index is 1300. The third-order valence-corrected chi connectivity index (χ3v) is 13.2. The van der Waals surface area contributed by atoms with Gasteiger partial charge in [-0.25, -0.2) is 0 Å². The number of hydrogen-bond acceptors (Lipinski definition) is 2. The number of rotatable bonds is 10. The predicted octanol–water partition coefficient (Wildman–Crippen LogP) is 7.98. The highest BCUT2D eigenvalue weighted by Crippen LogP contribution is 2.52. The van der Waals surface area contributed by atoms with Crippen LogP contribution in [0.25, 0.3) is 0 Å². The quantitative estimate of drug-likeness (QED) is 0.190. The average molecular weight is 541 g/mol. The Morgan fingerprint density at radius 2 is 1.11 bits per heavy atom. The summed E-state index contributed by atoms with van der Waals surface area (Å²) in [7, 11) is 2.61. The first-order chi connectivity index (χ1) is 18.8. The first-order valence-electron chi connectivity index (χ1n) is 13.7. The van der Waals surface area contributed by atoms with Crippen LogP contribution in [0.15, 0.2) is 103 Å². The number of methoxy groups -OCH3 is 2. The molecule has 2 unspecified atom stereocenters. The molecule has 0 bridgehead atoms. The second kappa shape index (κ2) is 13.4. The molecular weight excluding hydrogens is 502 g/mol. The van der Waals surface area contributed by atoms with Crippen molar-refractivity contribution in [3.8, 4) is 11.5 Å². The summed E-state index contributed by atoms with van der Waals surface area (Å²) in [5.41, 5.74) is 3.72. The Labute approximate surface area is 230 Å². The van der Waals surface area contributed by atoms with Gasteiger partial charge in [0.25, 0.3) is 0 Å². The molecule has 0 amide bonds. The summed E-state index contributed by atoms with van der Waals surface area (Å²) in [5, 5.41) is 4.13. The van der Waals surface area contributed by atoms with E-state index < -0.39 is 7.92 Å². The topological polar surface area (TPSA) is 18.5 Å². The summed E-state index contributed by atoms with van der Waals surface area (Å²) in [6.07, 6.45) is 8.88. The van der Waals surface area contributed by atoms with Crippen LogP contribution in [0, 0.1) is 0 Å². The molecule has 0 aliphatic heterocycles. The largest absolute Gasteiger partial charge is 0.496 e. The lowest BCUT2D eigenvalue weighted by Gasteiger charge is -2.33. The Morgan fingerprint density at radius 1 is 0.579 bits per heavy atom. The van der Waals surface area contributed by atoms with Crippen molar-refractivity contribution in [1.82, 2.24) is 0 Å².